The number of hydrogen-bond donors (Lipinski definition) is 0. The van der Waals surface area contributed by atoms with Crippen molar-refractivity contribution in [2.45, 2.75) is 26.8 Å². The van der Waals surface area contributed by atoms with Crippen molar-refractivity contribution in [3.8, 4) is 0 Å². The Balaban J connectivity index is 2.72. The molecular formula is C11H14N2. The minimum atomic E-state index is 0.941. The SMILES string of the molecule is CCc1cccc2c1cnn2CC. The van der Waals surface area contributed by atoms with Crippen LogP contribution in [-0.4, -0.2) is 9.78 Å². The van der Waals surface area contributed by atoms with E-state index in [2.05, 4.69) is 37.1 Å². The number of nitrogens with zero attached hydrogens (tertiary/aromatic N) is 2. The first-order chi connectivity index (χ1) is 6.36. The van der Waals surface area contributed by atoms with E-state index in [4.69, 9.17) is 0 Å². The minimum Gasteiger partial charge on any atom is -0.265 e. The van der Waals surface area contributed by atoms with Crippen molar-refractivity contribution in [3.63, 3.8) is 0 Å². The predicted octanol–water partition coefficient (Wildman–Crippen LogP) is 2.62. The van der Waals surface area contributed by atoms with Crippen molar-refractivity contribution in [1.29, 1.82) is 0 Å². The molecule has 13 heavy (non-hydrogen) atoms. The standard InChI is InChI=1S/C11H14N2/c1-3-9-6-5-7-11-10(9)8-12-13(11)4-2/h5-8H,3-4H2,1-2H3. The van der Waals surface area contributed by atoms with Crippen LogP contribution < -0.4 is 0 Å². The third-order valence-electron chi connectivity index (χ3n) is 2.46. The quantitative estimate of drug-likeness (QED) is 0.684. The summed E-state index contributed by atoms with van der Waals surface area (Å²) in [7, 11) is 0. The van der Waals surface area contributed by atoms with E-state index in [9.17, 15) is 0 Å². The number of rotatable bonds is 2. The maximum absolute atomic E-state index is 4.34. The summed E-state index contributed by atoms with van der Waals surface area (Å²) >= 11 is 0. The lowest BCUT2D eigenvalue weighted by Crippen LogP contribution is -1.95. The van der Waals surface area contributed by atoms with Crippen molar-refractivity contribution in [2.24, 2.45) is 0 Å². The van der Waals surface area contributed by atoms with E-state index in [1.807, 2.05) is 10.9 Å². The van der Waals surface area contributed by atoms with E-state index >= 15 is 0 Å². The van der Waals surface area contributed by atoms with Gasteiger partial charge in [0, 0.05) is 11.9 Å². The lowest BCUT2D eigenvalue weighted by atomic mass is 10.1. The Kier molecular flexibility index (Phi) is 2.05. The van der Waals surface area contributed by atoms with Crippen molar-refractivity contribution < 1.29 is 0 Å². The number of aromatic nitrogens is 2. The summed E-state index contributed by atoms with van der Waals surface area (Å²) in [6.45, 7) is 5.24. The fraction of sp³-hybridized carbons (Fsp3) is 0.364. The number of benzene rings is 1. The maximum Gasteiger partial charge on any atom is 0.0685 e. The second-order valence-corrected chi connectivity index (χ2v) is 3.16. The van der Waals surface area contributed by atoms with Crippen LogP contribution in [0.5, 0.6) is 0 Å². The van der Waals surface area contributed by atoms with Gasteiger partial charge in [-0.15, -0.1) is 0 Å². The van der Waals surface area contributed by atoms with Crippen LogP contribution >= 0.6 is 0 Å². The molecule has 0 aliphatic heterocycles. The lowest BCUT2D eigenvalue weighted by Gasteiger charge is -2.00. The first-order valence-corrected chi connectivity index (χ1v) is 4.80. The Hall–Kier alpha value is -1.31. The van der Waals surface area contributed by atoms with Gasteiger partial charge in [-0.05, 0) is 25.0 Å². The zero-order chi connectivity index (χ0) is 9.26. The van der Waals surface area contributed by atoms with Crippen LogP contribution in [0.3, 0.4) is 0 Å². The summed E-state index contributed by atoms with van der Waals surface area (Å²) in [5.74, 6) is 0. The fourth-order valence-electron chi connectivity index (χ4n) is 1.72. The van der Waals surface area contributed by atoms with Gasteiger partial charge in [-0.2, -0.15) is 5.10 Å². The number of aryl methyl sites for hydroxylation is 2. The summed E-state index contributed by atoms with van der Waals surface area (Å²) in [6, 6.07) is 6.41. The molecule has 2 heteroatoms. The largest absolute Gasteiger partial charge is 0.265 e. The molecule has 0 aliphatic carbocycles. The molecule has 68 valence electrons. The first-order valence-electron chi connectivity index (χ1n) is 4.80. The van der Waals surface area contributed by atoms with Gasteiger partial charge in [0.25, 0.3) is 0 Å². The molecule has 0 bridgehead atoms. The van der Waals surface area contributed by atoms with Gasteiger partial charge in [-0.3, -0.25) is 4.68 Å². The van der Waals surface area contributed by atoms with Crippen molar-refractivity contribution in [1.82, 2.24) is 9.78 Å². The van der Waals surface area contributed by atoms with Crippen molar-refractivity contribution in [2.75, 3.05) is 0 Å². The van der Waals surface area contributed by atoms with Crippen molar-refractivity contribution >= 4 is 10.9 Å². The molecule has 0 atom stereocenters. The molecule has 0 saturated carbocycles. The molecule has 2 aromatic rings. The normalized spacial score (nSPS) is 10.9. The predicted molar refractivity (Wildman–Crippen MR) is 54.8 cm³/mol. The van der Waals surface area contributed by atoms with Crippen LogP contribution in [0, 0.1) is 0 Å². The number of hydrogen-bond acceptors (Lipinski definition) is 1. The molecule has 0 saturated heterocycles. The van der Waals surface area contributed by atoms with Gasteiger partial charge < -0.3 is 0 Å². The van der Waals surface area contributed by atoms with Gasteiger partial charge >= 0.3 is 0 Å². The fourth-order valence-corrected chi connectivity index (χ4v) is 1.72. The molecule has 0 N–H and O–H groups in total. The van der Waals surface area contributed by atoms with E-state index in [0.29, 0.717) is 0 Å². The first kappa shape index (κ1) is 8.30. The Morgan fingerprint density at radius 1 is 1.31 bits per heavy atom. The second-order valence-electron chi connectivity index (χ2n) is 3.16. The third kappa shape index (κ3) is 1.22. The molecule has 0 amide bonds. The van der Waals surface area contributed by atoms with Gasteiger partial charge in [0.15, 0.2) is 0 Å². The van der Waals surface area contributed by atoms with E-state index < -0.39 is 0 Å². The van der Waals surface area contributed by atoms with Crippen LogP contribution in [0.15, 0.2) is 24.4 Å². The zero-order valence-corrected chi connectivity index (χ0v) is 8.12. The average molecular weight is 174 g/mol. The van der Waals surface area contributed by atoms with Crippen LogP contribution in [0.1, 0.15) is 19.4 Å². The smallest absolute Gasteiger partial charge is 0.0685 e. The summed E-state index contributed by atoms with van der Waals surface area (Å²) in [5.41, 5.74) is 2.64. The van der Waals surface area contributed by atoms with Crippen LogP contribution in [0.2, 0.25) is 0 Å². The molecule has 0 aliphatic rings. The van der Waals surface area contributed by atoms with E-state index in [-0.39, 0.29) is 0 Å². The molecule has 0 fully saturated rings. The summed E-state index contributed by atoms with van der Waals surface area (Å²) in [6.07, 6.45) is 3.05. The molecule has 0 unspecified atom stereocenters. The average Bonchev–Trinajstić information content (AvgIpc) is 2.60. The van der Waals surface area contributed by atoms with Gasteiger partial charge in [0.05, 0.1) is 11.7 Å². The highest BCUT2D eigenvalue weighted by Crippen LogP contribution is 2.18. The third-order valence-corrected chi connectivity index (χ3v) is 2.46. The molecule has 0 spiro atoms. The summed E-state index contributed by atoms with van der Waals surface area (Å²) < 4.78 is 2.04. The lowest BCUT2D eigenvalue weighted by molar-refractivity contribution is 0.684. The Morgan fingerprint density at radius 2 is 2.15 bits per heavy atom. The number of fused-ring (bicyclic) bond motifs is 1. The highest BCUT2D eigenvalue weighted by molar-refractivity contribution is 5.82. The van der Waals surface area contributed by atoms with Crippen LogP contribution in [0.25, 0.3) is 10.9 Å². The second kappa shape index (κ2) is 3.21. The van der Waals surface area contributed by atoms with Gasteiger partial charge in [0.1, 0.15) is 0 Å². The van der Waals surface area contributed by atoms with Gasteiger partial charge in [0.2, 0.25) is 0 Å². The monoisotopic (exact) mass is 174 g/mol. The van der Waals surface area contributed by atoms with Crippen LogP contribution in [-0.2, 0) is 13.0 Å². The molecule has 0 radical (unpaired) electrons. The summed E-state index contributed by atoms with van der Waals surface area (Å²) in [4.78, 5) is 0. The highest BCUT2D eigenvalue weighted by atomic mass is 15.3. The topological polar surface area (TPSA) is 17.8 Å². The zero-order valence-electron chi connectivity index (χ0n) is 8.12. The minimum absolute atomic E-state index is 0.941. The van der Waals surface area contributed by atoms with Crippen LogP contribution in [0.4, 0.5) is 0 Å². The molecule has 1 heterocycles. The molecule has 2 nitrogen and oxygen atoms in total. The van der Waals surface area contributed by atoms with Gasteiger partial charge in [-0.1, -0.05) is 19.1 Å². The van der Waals surface area contributed by atoms with Gasteiger partial charge in [-0.25, -0.2) is 0 Å². The Labute approximate surface area is 78.2 Å². The highest BCUT2D eigenvalue weighted by Gasteiger charge is 2.03. The van der Waals surface area contributed by atoms with E-state index in [0.717, 1.165) is 13.0 Å². The summed E-state index contributed by atoms with van der Waals surface area (Å²) in [5, 5.41) is 5.64. The Morgan fingerprint density at radius 3 is 2.85 bits per heavy atom. The van der Waals surface area contributed by atoms with E-state index in [1.165, 1.54) is 16.5 Å². The molecule has 1 aromatic heterocycles. The van der Waals surface area contributed by atoms with E-state index in [1.54, 1.807) is 0 Å². The molecule has 1 aromatic carbocycles. The Bertz CT molecular complexity index is 415. The maximum atomic E-state index is 4.34. The van der Waals surface area contributed by atoms with Crippen molar-refractivity contribution in [3.05, 3.63) is 30.0 Å². The molecule has 2 rings (SSSR count). The molecular weight excluding hydrogens is 160 g/mol.